The molecule has 0 unspecified atom stereocenters. The second kappa shape index (κ2) is 8.03. The molecule has 1 fully saturated rings. The average molecular weight is 290 g/mol. The third-order valence-corrected chi connectivity index (χ3v) is 4.14. The average Bonchev–Trinajstić information content (AvgIpc) is 2.54. The van der Waals surface area contributed by atoms with E-state index in [1.807, 2.05) is 30.1 Å². The second-order valence-electron chi connectivity index (χ2n) is 5.73. The van der Waals surface area contributed by atoms with Gasteiger partial charge in [-0.1, -0.05) is 37.3 Å². The number of likely N-dealkylation sites (N-methyl/N-ethyl adjacent to an activating group) is 1. The summed E-state index contributed by atoms with van der Waals surface area (Å²) in [7, 11) is 1.89. The van der Waals surface area contributed by atoms with Crippen molar-refractivity contribution in [2.24, 2.45) is 0 Å². The molecule has 0 saturated carbocycles. The topological polar surface area (TPSA) is 41.6 Å². The van der Waals surface area contributed by atoms with E-state index in [2.05, 4.69) is 24.4 Å². The molecule has 2 atom stereocenters. The van der Waals surface area contributed by atoms with E-state index in [-0.39, 0.29) is 18.1 Å². The fourth-order valence-electron chi connectivity index (χ4n) is 2.74. The van der Waals surface area contributed by atoms with Crippen LogP contribution in [0.5, 0.6) is 0 Å². The molecule has 2 rings (SSSR count). The van der Waals surface area contributed by atoms with Gasteiger partial charge in [-0.05, 0) is 31.2 Å². The molecule has 0 aliphatic carbocycles. The molecule has 1 saturated heterocycles. The van der Waals surface area contributed by atoms with Gasteiger partial charge in [-0.3, -0.25) is 0 Å². The molecule has 0 radical (unpaired) electrons. The Hall–Kier alpha value is -1.55. The summed E-state index contributed by atoms with van der Waals surface area (Å²) in [6, 6.07) is 10.7. The first-order valence-electron chi connectivity index (χ1n) is 7.85. The van der Waals surface area contributed by atoms with E-state index in [1.54, 1.807) is 0 Å². The number of amides is 2. The molecule has 1 heterocycles. The summed E-state index contributed by atoms with van der Waals surface area (Å²) in [6.07, 6.45) is 3.87. The molecule has 21 heavy (non-hydrogen) atoms. The van der Waals surface area contributed by atoms with Gasteiger partial charge in [-0.25, -0.2) is 4.79 Å². The minimum Gasteiger partial charge on any atom is -0.379 e. The molecule has 4 heteroatoms. The zero-order valence-corrected chi connectivity index (χ0v) is 13.0. The number of carbonyl (C=O) groups is 1. The highest BCUT2D eigenvalue weighted by Crippen LogP contribution is 2.12. The lowest BCUT2D eigenvalue weighted by Gasteiger charge is -2.31. The van der Waals surface area contributed by atoms with Crippen LogP contribution in [0.3, 0.4) is 0 Å². The number of hydrogen-bond acceptors (Lipinski definition) is 2. The van der Waals surface area contributed by atoms with Crippen molar-refractivity contribution in [1.29, 1.82) is 0 Å². The maximum absolute atomic E-state index is 12.4. The summed E-state index contributed by atoms with van der Waals surface area (Å²) in [5, 5.41) is 3.08. The summed E-state index contributed by atoms with van der Waals surface area (Å²) >= 11 is 0. The van der Waals surface area contributed by atoms with Gasteiger partial charge in [0.05, 0.1) is 12.6 Å². The highest BCUT2D eigenvalue weighted by Gasteiger charge is 2.22. The van der Waals surface area contributed by atoms with Gasteiger partial charge in [-0.15, -0.1) is 0 Å². The van der Waals surface area contributed by atoms with E-state index in [0.717, 1.165) is 32.3 Å². The molecule has 1 aliphatic rings. The molecule has 2 amide bonds. The molecular weight excluding hydrogens is 264 g/mol. The van der Waals surface area contributed by atoms with E-state index in [4.69, 9.17) is 4.74 Å². The predicted octanol–water partition coefficient (Wildman–Crippen LogP) is 2.83. The number of benzene rings is 1. The zero-order chi connectivity index (χ0) is 15.1. The lowest BCUT2D eigenvalue weighted by Crippen LogP contribution is -2.49. The van der Waals surface area contributed by atoms with Crippen LogP contribution >= 0.6 is 0 Å². The third-order valence-electron chi connectivity index (χ3n) is 4.14. The monoisotopic (exact) mass is 290 g/mol. The van der Waals surface area contributed by atoms with Crippen LogP contribution in [-0.4, -0.2) is 43.3 Å². The molecule has 0 aromatic heterocycles. The number of ether oxygens (including phenoxy) is 1. The Morgan fingerprint density at radius 1 is 1.43 bits per heavy atom. The standard InChI is InChI=1S/C17H26N2O2/c1-3-16(12-14-8-5-4-6-9-14)19(2)17(20)18-15-10-7-11-21-13-15/h4-6,8-9,15-16H,3,7,10-13H2,1-2H3,(H,18,20)/t15-,16+/m1/s1. The SMILES string of the molecule is CC[C@@H](Cc1ccccc1)N(C)C(=O)N[C@@H]1CCCOC1. The lowest BCUT2D eigenvalue weighted by molar-refractivity contribution is 0.0702. The summed E-state index contributed by atoms with van der Waals surface area (Å²) in [5.74, 6) is 0. The summed E-state index contributed by atoms with van der Waals surface area (Å²) in [5.41, 5.74) is 1.27. The molecule has 1 N–H and O–H groups in total. The minimum absolute atomic E-state index is 0.00767. The van der Waals surface area contributed by atoms with Crippen molar-refractivity contribution in [2.45, 2.75) is 44.7 Å². The van der Waals surface area contributed by atoms with Gasteiger partial charge < -0.3 is 15.0 Å². The second-order valence-corrected chi connectivity index (χ2v) is 5.73. The van der Waals surface area contributed by atoms with Gasteiger partial charge in [0.25, 0.3) is 0 Å². The summed E-state index contributed by atoms with van der Waals surface area (Å²) < 4.78 is 5.41. The van der Waals surface area contributed by atoms with E-state index in [0.29, 0.717) is 6.61 Å². The van der Waals surface area contributed by atoms with Crippen molar-refractivity contribution in [3.63, 3.8) is 0 Å². The summed E-state index contributed by atoms with van der Waals surface area (Å²) in [4.78, 5) is 14.2. The number of hydrogen-bond donors (Lipinski definition) is 1. The van der Waals surface area contributed by atoms with E-state index in [9.17, 15) is 4.79 Å². The zero-order valence-electron chi connectivity index (χ0n) is 13.0. The van der Waals surface area contributed by atoms with Gasteiger partial charge in [0.2, 0.25) is 0 Å². The molecule has 0 bridgehead atoms. The molecular formula is C17H26N2O2. The smallest absolute Gasteiger partial charge is 0.317 e. The van der Waals surface area contributed by atoms with Crippen molar-refractivity contribution in [3.8, 4) is 0 Å². The molecule has 1 aliphatic heterocycles. The van der Waals surface area contributed by atoms with Crippen LogP contribution in [0.25, 0.3) is 0 Å². The van der Waals surface area contributed by atoms with Crippen LogP contribution in [0.4, 0.5) is 4.79 Å². The molecule has 1 aromatic rings. The maximum Gasteiger partial charge on any atom is 0.317 e. The number of carbonyl (C=O) groups excluding carboxylic acids is 1. The predicted molar refractivity (Wildman–Crippen MR) is 84.4 cm³/mol. The van der Waals surface area contributed by atoms with Crippen LogP contribution in [0.1, 0.15) is 31.7 Å². The van der Waals surface area contributed by atoms with Crippen LogP contribution in [0.2, 0.25) is 0 Å². The van der Waals surface area contributed by atoms with Crippen molar-refractivity contribution in [1.82, 2.24) is 10.2 Å². The van der Waals surface area contributed by atoms with E-state index < -0.39 is 0 Å². The van der Waals surface area contributed by atoms with E-state index in [1.165, 1.54) is 5.56 Å². The van der Waals surface area contributed by atoms with Crippen molar-refractivity contribution < 1.29 is 9.53 Å². The highest BCUT2D eigenvalue weighted by molar-refractivity contribution is 5.74. The van der Waals surface area contributed by atoms with Gasteiger partial charge in [0.1, 0.15) is 0 Å². The fraction of sp³-hybridized carbons (Fsp3) is 0.588. The van der Waals surface area contributed by atoms with Crippen LogP contribution in [0.15, 0.2) is 30.3 Å². The van der Waals surface area contributed by atoms with Crippen LogP contribution in [0, 0.1) is 0 Å². The minimum atomic E-state index is 0.00767. The molecule has 116 valence electrons. The Balaban J connectivity index is 1.89. The molecule has 0 spiro atoms. The lowest BCUT2D eigenvalue weighted by atomic mass is 10.0. The highest BCUT2D eigenvalue weighted by atomic mass is 16.5. The first kappa shape index (κ1) is 15.8. The Morgan fingerprint density at radius 2 is 2.19 bits per heavy atom. The third kappa shape index (κ3) is 4.74. The number of rotatable bonds is 5. The van der Waals surface area contributed by atoms with Gasteiger partial charge in [0.15, 0.2) is 0 Å². The van der Waals surface area contributed by atoms with Crippen molar-refractivity contribution >= 4 is 6.03 Å². The first-order valence-corrected chi connectivity index (χ1v) is 7.85. The van der Waals surface area contributed by atoms with Gasteiger partial charge >= 0.3 is 6.03 Å². The molecule has 4 nitrogen and oxygen atoms in total. The van der Waals surface area contributed by atoms with E-state index >= 15 is 0 Å². The normalized spacial score (nSPS) is 19.8. The van der Waals surface area contributed by atoms with Gasteiger partial charge in [-0.2, -0.15) is 0 Å². The number of nitrogens with zero attached hydrogens (tertiary/aromatic N) is 1. The molecule has 1 aromatic carbocycles. The number of urea groups is 1. The van der Waals surface area contributed by atoms with Crippen molar-refractivity contribution in [3.05, 3.63) is 35.9 Å². The summed E-state index contributed by atoms with van der Waals surface area (Å²) in [6.45, 7) is 3.57. The Kier molecular flexibility index (Phi) is 6.05. The fourth-order valence-corrected chi connectivity index (χ4v) is 2.74. The quantitative estimate of drug-likeness (QED) is 0.906. The largest absolute Gasteiger partial charge is 0.379 e. The Labute approximate surface area is 127 Å². The van der Waals surface area contributed by atoms with Crippen molar-refractivity contribution in [2.75, 3.05) is 20.3 Å². The van der Waals surface area contributed by atoms with Crippen LogP contribution < -0.4 is 5.32 Å². The van der Waals surface area contributed by atoms with Crippen LogP contribution in [-0.2, 0) is 11.2 Å². The number of nitrogens with one attached hydrogen (secondary N) is 1. The maximum atomic E-state index is 12.4. The Morgan fingerprint density at radius 3 is 2.81 bits per heavy atom. The Bertz CT molecular complexity index is 430. The first-order chi connectivity index (χ1) is 10.2. The van der Waals surface area contributed by atoms with Gasteiger partial charge in [0, 0.05) is 19.7 Å².